The van der Waals surface area contributed by atoms with Crippen molar-refractivity contribution >= 4 is 23.2 Å². The summed E-state index contributed by atoms with van der Waals surface area (Å²) in [6.07, 6.45) is 3.81. The molecule has 22 heavy (non-hydrogen) atoms. The number of amides is 2. The summed E-state index contributed by atoms with van der Waals surface area (Å²) >= 11 is 0. The van der Waals surface area contributed by atoms with Crippen LogP contribution < -0.4 is 10.2 Å². The highest BCUT2D eigenvalue weighted by Crippen LogP contribution is 2.25. The Labute approximate surface area is 129 Å². The van der Waals surface area contributed by atoms with Crippen LogP contribution in [0, 0.1) is 0 Å². The number of anilines is 2. The number of hydrogen-bond donors (Lipinski definition) is 2. The molecule has 0 bridgehead atoms. The number of H-pyrrole nitrogens is 1. The van der Waals surface area contributed by atoms with E-state index in [0.29, 0.717) is 23.5 Å². The van der Waals surface area contributed by atoms with Crippen LogP contribution in [0.2, 0.25) is 0 Å². The van der Waals surface area contributed by atoms with E-state index in [0.717, 1.165) is 12.8 Å². The van der Waals surface area contributed by atoms with E-state index < -0.39 is 0 Å². The SMILES string of the molecule is CCCCC(=O)Nc1ccccc1N(C)C(=O)c1ccn[nH]1. The second-order valence-corrected chi connectivity index (χ2v) is 5.00. The molecule has 0 fully saturated rings. The van der Waals surface area contributed by atoms with Crippen LogP contribution in [0.1, 0.15) is 36.7 Å². The predicted molar refractivity (Wildman–Crippen MR) is 85.9 cm³/mol. The Morgan fingerprint density at radius 1 is 1.27 bits per heavy atom. The fourth-order valence-electron chi connectivity index (χ4n) is 2.09. The number of benzene rings is 1. The van der Waals surface area contributed by atoms with Gasteiger partial charge in [0.2, 0.25) is 5.91 Å². The number of para-hydroxylation sites is 2. The third kappa shape index (κ3) is 3.72. The molecule has 2 amide bonds. The van der Waals surface area contributed by atoms with Crippen LogP contribution in [-0.4, -0.2) is 29.1 Å². The zero-order chi connectivity index (χ0) is 15.9. The van der Waals surface area contributed by atoms with Gasteiger partial charge in [-0.2, -0.15) is 5.10 Å². The van der Waals surface area contributed by atoms with Gasteiger partial charge in [-0.25, -0.2) is 0 Å². The molecule has 0 saturated carbocycles. The Kier molecular flexibility index (Phi) is 5.30. The molecule has 0 radical (unpaired) electrons. The molecule has 0 aliphatic heterocycles. The minimum atomic E-state index is -0.215. The number of rotatable bonds is 6. The fourth-order valence-corrected chi connectivity index (χ4v) is 2.09. The first-order valence-corrected chi connectivity index (χ1v) is 7.29. The normalized spacial score (nSPS) is 10.3. The molecule has 1 aromatic heterocycles. The Balaban J connectivity index is 2.17. The molecular weight excluding hydrogens is 280 g/mol. The van der Waals surface area contributed by atoms with E-state index >= 15 is 0 Å². The standard InChI is InChI=1S/C16H20N4O2/c1-3-4-9-15(21)18-12-7-5-6-8-14(12)20(2)16(22)13-10-11-17-19-13/h5-8,10-11H,3-4,9H2,1-2H3,(H,17,19)(H,18,21). The van der Waals surface area contributed by atoms with Gasteiger partial charge in [-0.3, -0.25) is 14.7 Å². The lowest BCUT2D eigenvalue weighted by Gasteiger charge is -2.20. The van der Waals surface area contributed by atoms with Crippen LogP contribution in [0.3, 0.4) is 0 Å². The maximum atomic E-state index is 12.4. The van der Waals surface area contributed by atoms with Crippen molar-refractivity contribution in [2.45, 2.75) is 26.2 Å². The molecule has 2 rings (SSSR count). The number of hydrogen-bond acceptors (Lipinski definition) is 3. The molecule has 0 unspecified atom stereocenters. The minimum Gasteiger partial charge on any atom is -0.324 e. The predicted octanol–water partition coefficient (Wildman–Crippen LogP) is 2.82. The van der Waals surface area contributed by atoms with E-state index in [2.05, 4.69) is 15.5 Å². The Morgan fingerprint density at radius 3 is 2.73 bits per heavy atom. The Hall–Kier alpha value is -2.63. The molecule has 0 atom stereocenters. The van der Waals surface area contributed by atoms with Gasteiger partial charge in [0.25, 0.3) is 5.91 Å². The van der Waals surface area contributed by atoms with Gasteiger partial charge < -0.3 is 10.2 Å². The fraction of sp³-hybridized carbons (Fsp3) is 0.312. The van der Waals surface area contributed by atoms with Crippen molar-refractivity contribution in [2.24, 2.45) is 0 Å². The zero-order valence-corrected chi connectivity index (χ0v) is 12.8. The van der Waals surface area contributed by atoms with Gasteiger partial charge in [-0.15, -0.1) is 0 Å². The number of aromatic amines is 1. The van der Waals surface area contributed by atoms with Crippen LogP contribution >= 0.6 is 0 Å². The highest BCUT2D eigenvalue weighted by molar-refractivity contribution is 6.07. The van der Waals surface area contributed by atoms with E-state index in [4.69, 9.17) is 0 Å². The highest BCUT2D eigenvalue weighted by atomic mass is 16.2. The average molecular weight is 300 g/mol. The quantitative estimate of drug-likeness (QED) is 0.861. The lowest BCUT2D eigenvalue weighted by molar-refractivity contribution is -0.116. The highest BCUT2D eigenvalue weighted by Gasteiger charge is 2.18. The first kappa shape index (κ1) is 15.8. The molecule has 116 valence electrons. The summed E-state index contributed by atoms with van der Waals surface area (Å²) in [5.74, 6) is -0.260. The maximum Gasteiger partial charge on any atom is 0.276 e. The lowest BCUT2D eigenvalue weighted by Crippen LogP contribution is -2.28. The van der Waals surface area contributed by atoms with E-state index in [1.54, 1.807) is 25.2 Å². The van der Waals surface area contributed by atoms with Crippen LogP contribution in [0.5, 0.6) is 0 Å². The largest absolute Gasteiger partial charge is 0.324 e. The molecule has 1 heterocycles. The maximum absolute atomic E-state index is 12.4. The zero-order valence-electron chi connectivity index (χ0n) is 12.8. The second-order valence-electron chi connectivity index (χ2n) is 5.00. The molecule has 2 N–H and O–H groups in total. The van der Waals surface area contributed by atoms with Gasteiger partial charge in [-0.1, -0.05) is 25.5 Å². The van der Waals surface area contributed by atoms with Crippen molar-refractivity contribution in [3.8, 4) is 0 Å². The van der Waals surface area contributed by atoms with E-state index in [1.165, 1.54) is 11.1 Å². The first-order chi connectivity index (χ1) is 10.6. The third-order valence-electron chi connectivity index (χ3n) is 3.33. The van der Waals surface area contributed by atoms with Crippen LogP contribution in [0.25, 0.3) is 0 Å². The van der Waals surface area contributed by atoms with Crippen molar-refractivity contribution in [3.05, 3.63) is 42.2 Å². The molecular formula is C16H20N4O2. The number of nitrogens with zero attached hydrogens (tertiary/aromatic N) is 2. The van der Waals surface area contributed by atoms with Gasteiger partial charge in [0.1, 0.15) is 5.69 Å². The molecule has 0 spiro atoms. The monoisotopic (exact) mass is 300 g/mol. The summed E-state index contributed by atoms with van der Waals surface area (Å²) in [6, 6.07) is 8.85. The number of carbonyl (C=O) groups excluding carboxylic acids is 2. The number of unbranched alkanes of at least 4 members (excludes halogenated alkanes) is 1. The van der Waals surface area contributed by atoms with Crippen molar-refractivity contribution in [1.82, 2.24) is 10.2 Å². The minimum absolute atomic E-state index is 0.0447. The van der Waals surface area contributed by atoms with Crippen molar-refractivity contribution in [1.29, 1.82) is 0 Å². The second kappa shape index (κ2) is 7.40. The van der Waals surface area contributed by atoms with Crippen molar-refractivity contribution in [3.63, 3.8) is 0 Å². The summed E-state index contributed by atoms with van der Waals surface area (Å²) in [7, 11) is 1.67. The Morgan fingerprint density at radius 2 is 2.05 bits per heavy atom. The topological polar surface area (TPSA) is 78.1 Å². The number of nitrogens with one attached hydrogen (secondary N) is 2. The molecule has 6 heteroatoms. The first-order valence-electron chi connectivity index (χ1n) is 7.29. The molecule has 2 aromatic rings. The summed E-state index contributed by atoms with van der Waals surface area (Å²) in [4.78, 5) is 25.8. The van der Waals surface area contributed by atoms with Crippen LogP contribution in [0.4, 0.5) is 11.4 Å². The summed E-state index contributed by atoms with van der Waals surface area (Å²) < 4.78 is 0. The van der Waals surface area contributed by atoms with Gasteiger partial charge >= 0.3 is 0 Å². The van der Waals surface area contributed by atoms with Gasteiger partial charge in [-0.05, 0) is 24.6 Å². The van der Waals surface area contributed by atoms with Crippen molar-refractivity contribution in [2.75, 3.05) is 17.3 Å². The molecule has 0 aliphatic rings. The lowest BCUT2D eigenvalue weighted by atomic mass is 10.2. The van der Waals surface area contributed by atoms with Crippen LogP contribution in [0.15, 0.2) is 36.5 Å². The number of aromatic nitrogens is 2. The Bertz CT molecular complexity index is 637. The molecule has 0 saturated heterocycles. The summed E-state index contributed by atoms with van der Waals surface area (Å²) in [6.45, 7) is 2.04. The van der Waals surface area contributed by atoms with E-state index in [-0.39, 0.29) is 11.8 Å². The molecule has 6 nitrogen and oxygen atoms in total. The molecule has 0 aliphatic carbocycles. The third-order valence-corrected chi connectivity index (χ3v) is 3.33. The summed E-state index contributed by atoms with van der Waals surface area (Å²) in [5.41, 5.74) is 1.67. The van der Waals surface area contributed by atoms with Gasteiger partial charge in [0.15, 0.2) is 0 Å². The average Bonchev–Trinajstić information content (AvgIpc) is 3.06. The van der Waals surface area contributed by atoms with E-state index in [1.807, 2.05) is 19.1 Å². The number of carbonyl (C=O) groups is 2. The van der Waals surface area contributed by atoms with E-state index in [9.17, 15) is 9.59 Å². The molecule has 1 aromatic carbocycles. The van der Waals surface area contributed by atoms with Crippen molar-refractivity contribution < 1.29 is 9.59 Å². The van der Waals surface area contributed by atoms with Crippen LogP contribution in [-0.2, 0) is 4.79 Å². The van der Waals surface area contributed by atoms with Gasteiger partial charge in [0.05, 0.1) is 11.4 Å². The summed E-state index contributed by atoms with van der Waals surface area (Å²) in [5, 5.41) is 9.30. The van der Waals surface area contributed by atoms with Gasteiger partial charge in [0, 0.05) is 19.7 Å². The smallest absolute Gasteiger partial charge is 0.276 e.